The molecule has 0 bridgehead atoms. The van der Waals surface area contributed by atoms with Crippen LogP contribution in [0.25, 0.3) is 0 Å². The van der Waals surface area contributed by atoms with Crippen LogP contribution in [0.5, 0.6) is 0 Å². The van der Waals surface area contributed by atoms with Crippen molar-refractivity contribution in [2.75, 3.05) is 6.61 Å². The predicted octanol–water partition coefficient (Wildman–Crippen LogP) is 1.08. The van der Waals surface area contributed by atoms with Gasteiger partial charge in [-0.3, -0.25) is 0 Å². The van der Waals surface area contributed by atoms with Gasteiger partial charge in [0.2, 0.25) is 5.60 Å². The highest BCUT2D eigenvalue weighted by Crippen LogP contribution is 2.41. The van der Waals surface area contributed by atoms with Crippen molar-refractivity contribution in [3.63, 3.8) is 0 Å². The molecule has 4 nitrogen and oxygen atoms in total. The van der Waals surface area contributed by atoms with E-state index in [1.165, 1.54) is 0 Å². The molecule has 1 heterocycles. The molecule has 2 N–H and O–H groups in total. The lowest BCUT2D eigenvalue weighted by Crippen LogP contribution is -2.25. The highest BCUT2D eigenvalue weighted by atomic mass is 16.6. The first kappa shape index (κ1) is 10.7. The summed E-state index contributed by atoms with van der Waals surface area (Å²) in [5.41, 5.74) is 6.60. The van der Waals surface area contributed by atoms with Crippen LogP contribution in [0.1, 0.15) is 24.0 Å². The van der Waals surface area contributed by atoms with E-state index in [2.05, 4.69) is 0 Å². The number of carbonyl (C=O) groups excluding carboxylic acids is 1. The lowest BCUT2D eigenvalue weighted by molar-refractivity contribution is -0.151. The third-order valence-electron chi connectivity index (χ3n) is 3.22. The minimum atomic E-state index is -0.838. The van der Waals surface area contributed by atoms with Crippen LogP contribution in [0.4, 0.5) is 0 Å². The number of esters is 1. The molecule has 2 aliphatic rings. The Morgan fingerprint density at radius 3 is 2.53 bits per heavy atom. The van der Waals surface area contributed by atoms with E-state index in [0.29, 0.717) is 13.2 Å². The van der Waals surface area contributed by atoms with E-state index in [4.69, 9.17) is 15.2 Å². The minimum Gasteiger partial charge on any atom is -0.460 e. The first-order valence-corrected chi connectivity index (χ1v) is 5.89. The van der Waals surface area contributed by atoms with Gasteiger partial charge in [-0.15, -0.1) is 0 Å². The molecule has 17 heavy (non-hydrogen) atoms. The Hall–Kier alpha value is -1.39. The molecule has 1 aromatic rings. The maximum atomic E-state index is 12.0. The van der Waals surface area contributed by atoms with Gasteiger partial charge in [0, 0.05) is 6.54 Å². The van der Waals surface area contributed by atoms with Crippen LogP contribution in [0, 0.1) is 0 Å². The Labute approximate surface area is 99.7 Å². The number of ether oxygens (including phenoxy) is 2. The number of rotatable bonds is 4. The number of benzene rings is 1. The largest absolute Gasteiger partial charge is 0.460 e. The molecular formula is C13H15NO3. The van der Waals surface area contributed by atoms with Crippen molar-refractivity contribution in [1.29, 1.82) is 0 Å². The minimum absolute atomic E-state index is 0.117. The average Bonchev–Trinajstić information content (AvgIpc) is 3.23. The summed E-state index contributed by atoms with van der Waals surface area (Å²) in [4.78, 5) is 12.0. The molecule has 1 saturated carbocycles. The SMILES string of the molecule is NCc1ccc(C2(C(=O)OC3CC3)CO2)cc1. The molecule has 1 aliphatic heterocycles. The fourth-order valence-corrected chi connectivity index (χ4v) is 1.82. The summed E-state index contributed by atoms with van der Waals surface area (Å²) in [5.74, 6) is -0.250. The van der Waals surface area contributed by atoms with E-state index in [1.807, 2.05) is 24.3 Å². The van der Waals surface area contributed by atoms with Gasteiger partial charge in [0.25, 0.3) is 0 Å². The van der Waals surface area contributed by atoms with Crippen molar-refractivity contribution in [2.24, 2.45) is 5.73 Å². The van der Waals surface area contributed by atoms with E-state index >= 15 is 0 Å². The second-order valence-electron chi connectivity index (χ2n) is 4.62. The first-order valence-electron chi connectivity index (χ1n) is 5.89. The number of hydrogen-bond donors (Lipinski definition) is 1. The normalized spacial score (nSPS) is 26.6. The molecule has 0 spiro atoms. The van der Waals surface area contributed by atoms with Crippen molar-refractivity contribution < 1.29 is 14.3 Å². The van der Waals surface area contributed by atoms with Crippen LogP contribution in [-0.4, -0.2) is 18.7 Å². The van der Waals surface area contributed by atoms with Crippen molar-refractivity contribution in [3.8, 4) is 0 Å². The zero-order valence-electron chi connectivity index (χ0n) is 9.52. The van der Waals surface area contributed by atoms with Crippen molar-refractivity contribution in [2.45, 2.75) is 31.1 Å². The second-order valence-corrected chi connectivity index (χ2v) is 4.62. The first-order chi connectivity index (χ1) is 8.24. The average molecular weight is 233 g/mol. The van der Waals surface area contributed by atoms with E-state index in [9.17, 15) is 4.79 Å². The monoisotopic (exact) mass is 233 g/mol. The van der Waals surface area contributed by atoms with Gasteiger partial charge in [-0.1, -0.05) is 24.3 Å². The molecule has 1 aliphatic carbocycles. The topological polar surface area (TPSA) is 64.9 Å². The van der Waals surface area contributed by atoms with Crippen LogP contribution in [0.3, 0.4) is 0 Å². The smallest absolute Gasteiger partial charge is 0.345 e. The molecule has 90 valence electrons. The van der Waals surface area contributed by atoms with E-state index in [-0.39, 0.29) is 12.1 Å². The summed E-state index contributed by atoms with van der Waals surface area (Å²) in [7, 11) is 0. The van der Waals surface area contributed by atoms with Crippen molar-refractivity contribution in [3.05, 3.63) is 35.4 Å². The third kappa shape index (κ3) is 1.94. The molecule has 0 radical (unpaired) electrons. The molecule has 4 heteroatoms. The van der Waals surface area contributed by atoms with Gasteiger partial charge < -0.3 is 15.2 Å². The lowest BCUT2D eigenvalue weighted by atomic mass is 9.99. The second kappa shape index (κ2) is 3.82. The fourth-order valence-electron chi connectivity index (χ4n) is 1.82. The van der Waals surface area contributed by atoms with Crippen LogP contribution >= 0.6 is 0 Å². The van der Waals surface area contributed by atoms with Gasteiger partial charge in [-0.2, -0.15) is 0 Å². The highest BCUT2D eigenvalue weighted by Gasteiger charge is 2.56. The van der Waals surface area contributed by atoms with Crippen LogP contribution in [0.2, 0.25) is 0 Å². The molecule has 2 fully saturated rings. The van der Waals surface area contributed by atoms with Crippen molar-refractivity contribution in [1.82, 2.24) is 0 Å². The summed E-state index contributed by atoms with van der Waals surface area (Å²) < 4.78 is 10.7. The summed E-state index contributed by atoms with van der Waals surface area (Å²) in [6.45, 7) is 0.918. The summed E-state index contributed by atoms with van der Waals surface area (Å²) in [6, 6.07) is 7.62. The van der Waals surface area contributed by atoms with E-state index in [0.717, 1.165) is 24.0 Å². The molecule has 1 saturated heterocycles. The molecule has 0 aromatic heterocycles. The Morgan fingerprint density at radius 1 is 1.41 bits per heavy atom. The summed E-state index contributed by atoms with van der Waals surface area (Å²) >= 11 is 0. The summed E-state index contributed by atoms with van der Waals surface area (Å²) in [5, 5.41) is 0. The van der Waals surface area contributed by atoms with Gasteiger partial charge in [0.15, 0.2) is 0 Å². The highest BCUT2D eigenvalue weighted by molar-refractivity contribution is 5.84. The van der Waals surface area contributed by atoms with Crippen LogP contribution in [0.15, 0.2) is 24.3 Å². The molecule has 1 atom stereocenters. The summed E-state index contributed by atoms with van der Waals surface area (Å²) in [6.07, 6.45) is 2.08. The maximum absolute atomic E-state index is 12.0. The quantitative estimate of drug-likeness (QED) is 0.624. The Morgan fingerprint density at radius 2 is 2.06 bits per heavy atom. The third-order valence-corrected chi connectivity index (χ3v) is 3.22. The van der Waals surface area contributed by atoms with Gasteiger partial charge in [-0.05, 0) is 24.0 Å². The Kier molecular flexibility index (Phi) is 2.42. The van der Waals surface area contributed by atoms with E-state index < -0.39 is 5.60 Å². The zero-order chi connectivity index (χ0) is 11.9. The van der Waals surface area contributed by atoms with Crippen molar-refractivity contribution >= 4 is 5.97 Å². The number of hydrogen-bond acceptors (Lipinski definition) is 4. The number of nitrogens with two attached hydrogens (primary N) is 1. The van der Waals surface area contributed by atoms with Gasteiger partial charge in [-0.25, -0.2) is 4.79 Å². The van der Waals surface area contributed by atoms with E-state index in [1.54, 1.807) is 0 Å². The van der Waals surface area contributed by atoms with Gasteiger partial charge in [0.05, 0.1) is 6.61 Å². The number of epoxide rings is 1. The molecular weight excluding hydrogens is 218 g/mol. The molecule has 1 unspecified atom stereocenters. The number of carbonyl (C=O) groups is 1. The fraction of sp³-hybridized carbons (Fsp3) is 0.462. The maximum Gasteiger partial charge on any atom is 0.345 e. The van der Waals surface area contributed by atoms with Crippen LogP contribution in [-0.2, 0) is 26.4 Å². The van der Waals surface area contributed by atoms with Gasteiger partial charge in [0.1, 0.15) is 6.10 Å². The standard InChI is InChI=1S/C13H15NO3/c14-7-9-1-3-10(4-2-9)13(8-16-13)12(15)17-11-5-6-11/h1-4,11H,5-8,14H2. The molecule has 3 rings (SSSR count). The van der Waals surface area contributed by atoms with Gasteiger partial charge >= 0.3 is 5.97 Å². The Balaban J connectivity index is 1.78. The predicted molar refractivity (Wildman–Crippen MR) is 61.1 cm³/mol. The molecule has 1 aromatic carbocycles. The molecule has 0 amide bonds. The Bertz CT molecular complexity index is 432. The van der Waals surface area contributed by atoms with Crippen LogP contribution < -0.4 is 5.73 Å². The zero-order valence-corrected chi connectivity index (χ0v) is 9.52. The lowest BCUT2D eigenvalue weighted by Gasteiger charge is -2.12.